The zero-order valence-corrected chi connectivity index (χ0v) is 14.1. The van der Waals surface area contributed by atoms with E-state index in [1.807, 2.05) is 12.1 Å². The van der Waals surface area contributed by atoms with Crippen LogP contribution < -0.4 is 16.0 Å². The van der Waals surface area contributed by atoms with Crippen LogP contribution in [0.25, 0.3) is 0 Å². The number of nitrogens with zero attached hydrogens (tertiary/aromatic N) is 2. The molecule has 0 bridgehead atoms. The first-order chi connectivity index (χ1) is 12.5. The highest BCUT2D eigenvalue weighted by Gasteiger charge is 2.43. The molecule has 1 atom stereocenters. The van der Waals surface area contributed by atoms with Crippen LogP contribution in [0.5, 0.6) is 5.75 Å². The summed E-state index contributed by atoms with van der Waals surface area (Å²) in [4.78, 5) is 28.6. The molecule has 4 rings (SSSR count). The van der Waals surface area contributed by atoms with Crippen molar-refractivity contribution in [1.29, 1.82) is 0 Å². The van der Waals surface area contributed by atoms with Gasteiger partial charge in [0, 0.05) is 7.05 Å². The Morgan fingerprint density at radius 3 is 2.50 bits per heavy atom. The molecule has 2 aliphatic heterocycles. The second-order valence-corrected chi connectivity index (χ2v) is 6.34. The molecule has 2 aliphatic rings. The molecule has 2 heterocycles. The molecule has 0 saturated heterocycles. The first-order valence-corrected chi connectivity index (χ1v) is 8.20. The lowest BCUT2D eigenvalue weighted by atomic mass is 9.95. The molecule has 0 aliphatic carbocycles. The van der Waals surface area contributed by atoms with Crippen LogP contribution in [0, 0.1) is 0 Å². The molecule has 26 heavy (non-hydrogen) atoms. The number of amides is 3. The number of benzene rings is 2. The first-order valence-electron chi connectivity index (χ1n) is 8.20. The summed E-state index contributed by atoms with van der Waals surface area (Å²) in [6.07, 6.45) is 0. The van der Waals surface area contributed by atoms with Crippen molar-refractivity contribution in [2.75, 3.05) is 24.2 Å². The van der Waals surface area contributed by atoms with Gasteiger partial charge in [-0.2, -0.15) is 0 Å². The van der Waals surface area contributed by atoms with Gasteiger partial charge in [0.05, 0.1) is 35.2 Å². The third-order valence-electron chi connectivity index (χ3n) is 4.81. The number of anilines is 2. The van der Waals surface area contributed by atoms with Gasteiger partial charge in [-0.1, -0.05) is 24.3 Å². The third-order valence-corrected chi connectivity index (χ3v) is 4.81. The smallest absolute Gasteiger partial charge is 0.322 e. The Morgan fingerprint density at radius 1 is 1.12 bits per heavy atom. The molecule has 0 fully saturated rings. The van der Waals surface area contributed by atoms with Crippen molar-refractivity contribution in [3.05, 3.63) is 65.4 Å². The lowest BCUT2D eigenvalue weighted by Crippen LogP contribution is -2.45. The van der Waals surface area contributed by atoms with Crippen LogP contribution in [0.2, 0.25) is 0 Å². The lowest BCUT2D eigenvalue weighted by Gasteiger charge is -2.31. The minimum atomic E-state index is -0.572. The molecular formula is C19H18N4O3. The summed E-state index contributed by atoms with van der Waals surface area (Å²) in [5.74, 6) is -0.0681. The van der Waals surface area contributed by atoms with Crippen molar-refractivity contribution in [3.8, 4) is 5.75 Å². The van der Waals surface area contributed by atoms with Crippen LogP contribution in [0.15, 0.2) is 59.8 Å². The number of aromatic hydroxyl groups is 1. The number of para-hydroxylation sites is 2. The van der Waals surface area contributed by atoms with Crippen LogP contribution in [-0.4, -0.2) is 35.5 Å². The number of nitrogens with two attached hydrogens (primary N) is 1. The summed E-state index contributed by atoms with van der Waals surface area (Å²) in [6, 6.07) is 12.8. The van der Waals surface area contributed by atoms with E-state index in [0.29, 0.717) is 22.6 Å². The maximum atomic E-state index is 13.2. The van der Waals surface area contributed by atoms with Crippen LogP contribution in [0.3, 0.4) is 0 Å². The predicted molar refractivity (Wildman–Crippen MR) is 97.4 cm³/mol. The van der Waals surface area contributed by atoms with Gasteiger partial charge in [0.1, 0.15) is 5.75 Å². The monoisotopic (exact) mass is 350 g/mol. The summed E-state index contributed by atoms with van der Waals surface area (Å²) in [6.45, 7) is 0.279. The zero-order valence-electron chi connectivity index (χ0n) is 14.1. The molecule has 2 aromatic carbocycles. The summed E-state index contributed by atoms with van der Waals surface area (Å²) < 4.78 is 0. The van der Waals surface area contributed by atoms with E-state index in [9.17, 15) is 14.7 Å². The van der Waals surface area contributed by atoms with Crippen molar-refractivity contribution >= 4 is 23.3 Å². The molecule has 0 unspecified atom stereocenters. The number of urea groups is 1. The van der Waals surface area contributed by atoms with Crippen molar-refractivity contribution in [2.24, 2.45) is 0 Å². The van der Waals surface area contributed by atoms with Gasteiger partial charge < -0.3 is 21.1 Å². The van der Waals surface area contributed by atoms with E-state index >= 15 is 0 Å². The van der Waals surface area contributed by atoms with Gasteiger partial charge in [-0.3, -0.25) is 9.69 Å². The fourth-order valence-corrected chi connectivity index (χ4v) is 3.41. The Labute approximate surface area is 150 Å². The molecular weight excluding hydrogens is 332 g/mol. The fraction of sp³-hybridized carbons (Fsp3) is 0.158. The topological polar surface area (TPSA) is 98.9 Å². The van der Waals surface area contributed by atoms with Gasteiger partial charge in [-0.05, 0) is 29.8 Å². The Balaban J connectivity index is 1.78. The normalized spacial score (nSPS) is 19.7. The SMILES string of the molecule is CN1C(=O)N[C@@H](c2ccc(O)cc2)C2=C1CN(c1ccccc1N)C2=O. The maximum Gasteiger partial charge on any atom is 0.322 e. The van der Waals surface area contributed by atoms with Crippen molar-refractivity contribution in [1.82, 2.24) is 10.2 Å². The number of phenols is 1. The molecule has 0 radical (unpaired) electrons. The molecule has 0 saturated carbocycles. The minimum Gasteiger partial charge on any atom is -0.508 e. The highest BCUT2D eigenvalue weighted by atomic mass is 16.3. The average molecular weight is 350 g/mol. The second kappa shape index (κ2) is 5.80. The van der Waals surface area contributed by atoms with E-state index in [2.05, 4.69) is 5.32 Å². The summed E-state index contributed by atoms with van der Waals surface area (Å²) in [5, 5.41) is 12.4. The number of carbonyl (C=O) groups is 2. The van der Waals surface area contributed by atoms with Crippen LogP contribution >= 0.6 is 0 Å². The number of nitrogen functional groups attached to an aromatic ring is 1. The van der Waals surface area contributed by atoms with Crippen molar-refractivity contribution < 1.29 is 14.7 Å². The predicted octanol–water partition coefficient (Wildman–Crippen LogP) is 1.97. The van der Waals surface area contributed by atoms with Gasteiger partial charge >= 0.3 is 6.03 Å². The Hall–Kier alpha value is -3.48. The molecule has 132 valence electrons. The molecule has 2 aromatic rings. The van der Waals surface area contributed by atoms with Gasteiger partial charge in [-0.15, -0.1) is 0 Å². The Kier molecular flexibility index (Phi) is 3.57. The van der Waals surface area contributed by atoms with Crippen LogP contribution in [0.1, 0.15) is 11.6 Å². The number of hydrogen-bond acceptors (Lipinski definition) is 4. The fourth-order valence-electron chi connectivity index (χ4n) is 3.41. The van der Waals surface area contributed by atoms with Gasteiger partial charge in [0.25, 0.3) is 5.91 Å². The molecule has 4 N–H and O–H groups in total. The number of carbonyl (C=O) groups excluding carboxylic acids is 2. The number of phenolic OH excluding ortho intramolecular Hbond substituents is 1. The quantitative estimate of drug-likeness (QED) is 0.721. The Morgan fingerprint density at radius 2 is 1.81 bits per heavy atom. The van der Waals surface area contributed by atoms with Crippen molar-refractivity contribution in [3.63, 3.8) is 0 Å². The average Bonchev–Trinajstić information content (AvgIpc) is 2.97. The highest BCUT2D eigenvalue weighted by molar-refractivity contribution is 6.12. The number of likely N-dealkylation sites (N-methyl/N-ethyl adjacent to an activating group) is 1. The summed E-state index contributed by atoms with van der Waals surface area (Å²) >= 11 is 0. The summed E-state index contributed by atoms with van der Waals surface area (Å²) in [5.41, 5.74) is 9.06. The number of hydrogen-bond donors (Lipinski definition) is 3. The van der Waals surface area contributed by atoms with Crippen LogP contribution in [-0.2, 0) is 4.79 Å². The van der Waals surface area contributed by atoms with E-state index in [1.54, 1.807) is 36.2 Å². The van der Waals surface area contributed by atoms with Crippen LogP contribution in [0.4, 0.5) is 16.2 Å². The van der Waals surface area contributed by atoms with E-state index in [4.69, 9.17) is 5.73 Å². The maximum absolute atomic E-state index is 13.2. The van der Waals surface area contributed by atoms with E-state index in [-0.39, 0.29) is 24.2 Å². The minimum absolute atomic E-state index is 0.124. The lowest BCUT2D eigenvalue weighted by molar-refractivity contribution is -0.114. The molecule has 0 spiro atoms. The largest absolute Gasteiger partial charge is 0.508 e. The molecule has 7 nitrogen and oxygen atoms in total. The van der Waals surface area contributed by atoms with E-state index in [1.165, 1.54) is 17.0 Å². The Bertz CT molecular complexity index is 936. The highest BCUT2D eigenvalue weighted by Crippen LogP contribution is 2.39. The second-order valence-electron chi connectivity index (χ2n) is 6.34. The number of nitrogens with one attached hydrogen (secondary N) is 1. The zero-order chi connectivity index (χ0) is 18.4. The molecule has 7 heteroatoms. The van der Waals surface area contributed by atoms with Crippen molar-refractivity contribution in [2.45, 2.75) is 6.04 Å². The van der Waals surface area contributed by atoms with Gasteiger partial charge in [0.2, 0.25) is 0 Å². The molecule has 0 aromatic heterocycles. The van der Waals surface area contributed by atoms with Gasteiger partial charge in [0.15, 0.2) is 0 Å². The standard InChI is InChI=1S/C19H18N4O3/c1-22-15-10-23(14-5-3-2-4-13(14)20)18(25)16(15)17(21-19(22)26)11-6-8-12(24)9-7-11/h2-9,17,24H,10,20H2,1H3,(H,21,26)/t17-/m0/s1. The first kappa shape index (κ1) is 16.0. The third kappa shape index (κ3) is 2.36. The van der Waals surface area contributed by atoms with Gasteiger partial charge in [-0.25, -0.2) is 4.79 Å². The summed E-state index contributed by atoms with van der Waals surface area (Å²) in [7, 11) is 1.64. The molecule has 3 amide bonds. The van der Waals surface area contributed by atoms with E-state index < -0.39 is 6.04 Å². The number of rotatable bonds is 2. The van der Waals surface area contributed by atoms with E-state index in [0.717, 1.165) is 5.56 Å².